The fourth-order valence-electron chi connectivity index (χ4n) is 3.49. The van der Waals surface area contributed by atoms with Gasteiger partial charge in [0.25, 0.3) is 0 Å². The van der Waals surface area contributed by atoms with Crippen molar-refractivity contribution in [3.8, 4) is 28.5 Å². The third-order valence-corrected chi connectivity index (χ3v) is 5.94. The van der Waals surface area contributed by atoms with Crippen LogP contribution in [0.15, 0.2) is 59.6 Å². The number of hydrogen-bond acceptors (Lipinski definition) is 6. The summed E-state index contributed by atoms with van der Waals surface area (Å²) in [6.07, 6.45) is 1.74. The molecule has 1 aliphatic heterocycles. The van der Waals surface area contributed by atoms with Gasteiger partial charge in [0.05, 0.1) is 16.5 Å². The Balaban J connectivity index is 1.41. The van der Waals surface area contributed by atoms with Gasteiger partial charge in [0.1, 0.15) is 30.5 Å². The molecule has 8 nitrogen and oxygen atoms in total. The van der Waals surface area contributed by atoms with Crippen LogP contribution in [-0.4, -0.2) is 38.7 Å². The first kappa shape index (κ1) is 20.3. The minimum absolute atomic E-state index is 0.0788. The van der Waals surface area contributed by atoms with Crippen molar-refractivity contribution in [3.63, 3.8) is 0 Å². The van der Waals surface area contributed by atoms with Crippen LogP contribution in [0, 0.1) is 0 Å². The zero-order valence-electron chi connectivity index (χ0n) is 17.6. The largest absolute Gasteiger partial charge is 0.491 e. The molecule has 0 aliphatic carbocycles. The molecule has 0 spiro atoms. The fraction of sp³-hybridized carbons (Fsp3) is 0.217. The molecule has 0 amide bonds. The maximum atomic E-state index is 12.9. The average molecular weight is 451 g/mol. The molecule has 9 heteroatoms. The van der Waals surface area contributed by atoms with Gasteiger partial charge in [-0.15, -0.1) is 0 Å². The molecule has 0 saturated carbocycles. The summed E-state index contributed by atoms with van der Waals surface area (Å²) in [4.78, 5) is 4.89. The molecule has 164 valence electrons. The summed E-state index contributed by atoms with van der Waals surface area (Å²) >= 11 is 0. The minimum atomic E-state index is -1.52. The molecule has 32 heavy (non-hydrogen) atoms. The number of nitrogens with zero attached hydrogens (tertiary/aromatic N) is 2. The number of nitrogens with one attached hydrogen (secondary N) is 2. The minimum Gasteiger partial charge on any atom is -0.491 e. The number of hydrogen-bond donors (Lipinski definition) is 2. The zero-order valence-corrected chi connectivity index (χ0v) is 18.4. The third-order valence-electron chi connectivity index (χ3n) is 4.86. The molecule has 5 rings (SSSR count). The summed E-state index contributed by atoms with van der Waals surface area (Å²) in [5.41, 5.74) is 2.52. The molecule has 0 bridgehead atoms. The molecular weight excluding hydrogens is 428 g/mol. The van der Waals surface area contributed by atoms with Crippen molar-refractivity contribution in [3.05, 3.63) is 54.7 Å². The Morgan fingerprint density at radius 1 is 1.06 bits per heavy atom. The van der Waals surface area contributed by atoms with Gasteiger partial charge in [-0.05, 0) is 56.3 Å². The Labute approximate surface area is 187 Å². The molecule has 0 fully saturated rings. The Morgan fingerprint density at radius 3 is 2.75 bits per heavy atom. The highest BCUT2D eigenvalue weighted by atomic mass is 32.2. The van der Waals surface area contributed by atoms with Crippen molar-refractivity contribution in [2.24, 2.45) is 0 Å². The van der Waals surface area contributed by atoms with Crippen molar-refractivity contribution in [2.45, 2.75) is 24.8 Å². The summed E-state index contributed by atoms with van der Waals surface area (Å²) in [5, 5.41) is 8.46. The Hall–Kier alpha value is -3.59. The topological polar surface area (TPSA) is 98.4 Å². The number of fused-ring (bicyclic) bond motifs is 2. The van der Waals surface area contributed by atoms with Crippen molar-refractivity contribution in [1.82, 2.24) is 15.2 Å². The summed E-state index contributed by atoms with van der Waals surface area (Å²) in [5.74, 6) is 2.50. The lowest BCUT2D eigenvalue weighted by molar-refractivity contribution is 0.171. The van der Waals surface area contributed by atoms with E-state index in [0.29, 0.717) is 35.4 Å². The smallest absolute Gasteiger partial charge is 0.162 e. The third kappa shape index (κ3) is 4.11. The van der Waals surface area contributed by atoms with Crippen LogP contribution < -0.4 is 18.9 Å². The highest BCUT2D eigenvalue weighted by molar-refractivity contribution is 7.86. The Kier molecular flexibility index (Phi) is 5.40. The molecule has 2 aromatic carbocycles. The van der Waals surface area contributed by atoms with Gasteiger partial charge in [-0.3, -0.25) is 9.82 Å². The molecule has 2 N–H and O–H groups in total. The number of pyridine rings is 1. The van der Waals surface area contributed by atoms with Crippen LogP contribution in [0.5, 0.6) is 17.2 Å². The molecule has 0 saturated heterocycles. The van der Waals surface area contributed by atoms with Crippen LogP contribution in [0.3, 0.4) is 0 Å². The van der Waals surface area contributed by atoms with E-state index >= 15 is 0 Å². The maximum absolute atomic E-state index is 12.9. The van der Waals surface area contributed by atoms with Crippen molar-refractivity contribution in [1.29, 1.82) is 0 Å². The Bertz CT molecular complexity index is 1300. The van der Waals surface area contributed by atoms with E-state index in [1.54, 1.807) is 24.4 Å². The standard InChI is InChI=1S/C23H22N4O4S/c1-14(2)31-16-3-5-19-18(12-16)23(26-25-19)15-7-8-24-22(11-15)27-32(28)17-4-6-20-21(13-17)30-10-9-29-20/h3-8,11-14H,9-10H2,1-2H3,(H,24,27)(H,25,26). The van der Waals surface area contributed by atoms with Gasteiger partial charge in [-0.2, -0.15) is 5.10 Å². The van der Waals surface area contributed by atoms with Crippen LogP contribution >= 0.6 is 0 Å². The van der Waals surface area contributed by atoms with Gasteiger partial charge in [-0.1, -0.05) is 0 Å². The first-order chi connectivity index (χ1) is 15.6. The lowest BCUT2D eigenvalue weighted by Gasteiger charge is -2.18. The highest BCUT2D eigenvalue weighted by Gasteiger charge is 2.16. The number of H-pyrrole nitrogens is 1. The Morgan fingerprint density at radius 2 is 1.91 bits per heavy atom. The van der Waals surface area contributed by atoms with E-state index in [4.69, 9.17) is 14.2 Å². The first-order valence-corrected chi connectivity index (χ1v) is 11.4. The van der Waals surface area contributed by atoms with Crippen LogP contribution in [0.4, 0.5) is 5.82 Å². The van der Waals surface area contributed by atoms with Crippen molar-refractivity contribution >= 4 is 27.7 Å². The number of rotatable bonds is 6. The molecule has 2 aromatic heterocycles. The van der Waals surface area contributed by atoms with Gasteiger partial charge in [-0.25, -0.2) is 9.19 Å². The van der Waals surface area contributed by atoms with E-state index in [1.807, 2.05) is 44.2 Å². The zero-order chi connectivity index (χ0) is 22.1. The van der Waals surface area contributed by atoms with E-state index in [-0.39, 0.29) is 6.10 Å². The normalized spacial score (nSPS) is 13.8. The van der Waals surface area contributed by atoms with E-state index in [1.165, 1.54) is 0 Å². The van der Waals surface area contributed by atoms with E-state index < -0.39 is 11.0 Å². The second-order valence-electron chi connectivity index (χ2n) is 7.55. The molecular formula is C23H22N4O4S. The number of benzene rings is 2. The molecule has 3 heterocycles. The SMILES string of the molecule is CC(C)Oc1ccc2[nH]nc(-c3ccnc(NS(=O)c4ccc5c(c4)OCCO5)c3)c2c1. The predicted molar refractivity (Wildman–Crippen MR) is 123 cm³/mol. The summed E-state index contributed by atoms with van der Waals surface area (Å²) in [7, 11) is -1.52. The van der Waals surface area contributed by atoms with Gasteiger partial charge >= 0.3 is 0 Å². The second-order valence-corrected chi connectivity index (χ2v) is 8.77. The average Bonchev–Trinajstić information content (AvgIpc) is 3.22. The van der Waals surface area contributed by atoms with Gasteiger partial charge < -0.3 is 14.2 Å². The highest BCUT2D eigenvalue weighted by Crippen LogP contribution is 2.33. The number of ether oxygens (including phenoxy) is 3. The fourth-order valence-corrected chi connectivity index (χ4v) is 4.31. The van der Waals surface area contributed by atoms with E-state index in [0.717, 1.165) is 27.9 Å². The number of aromatic nitrogens is 3. The quantitative estimate of drug-likeness (QED) is 0.454. The monoisotopic (exact) mass is 450 g/mol. The number of anilines is 1. The number of aromatic amines is 1. The van der Waals surface area contributed by atoms with Crippen molar-refractivity contribution < 1.29 is 18.4 Å². The molecule has 1 unspecified atom stereocenters. The molecule has 0 radical (unpaired) electrons. The van der Waals surface area contributed by atoms with Crippen LogP contribution in [0.2, 0.25) is 0 Å². The van der Waals surface area contributed by atoms with Gasteiger partial charge in [0.15, 0.2) is 22.5 Å². The summed E-state index contributed by atoms with van der Waals surface area (Å²) in [6, 6.07) is 14.7. The van der Waals surface area contributed by atoms with E-state index in [2.05, 4.69) is 19.9 Å². The molecule has 4 aromatic rings. The molecule has 1 aliphatic rings. The maximum Gasteiger partial charge on any atom is 0.162 e. The van der Waals surface area contributed by atoms with E-state index in [9.17, 15) is 4.21 Å². The van der Waals surface area contributed by atoms with Crippen LogP contribution in [0.25, 0.3) is 22.2 Å². The first-order valence-electron chi connectivity index (χ1n) is 10.3. The molecule has 1 atom stereocenters. The van der Waals surface area contributed by atoms with Gasteiger partial charge in [0.2, 0.25) is 0 Å². The lowest BCUT2D eigenvalue weighted by Crippen LogP contribution is -2.16. The van der Waals surface area contributed by atoms with Crippen molar-refractivity contribution in [2.75, 3.05) is 17.9 Å². The summed E-state index contributed by atoms with van der Waals surface area (Å²) in [6.45, 7) is 4.96. The van der Waals surface area contributed by atoms with Crippen LogP contribution in [-0.2, 0) is 11.0 Å². The lowest BCUT2D eigenvalue weighted by atomic mass is 10.1. The predicted octanol–water partition coefficient (Wildman–Crippen LogP) is 4.32. The summed E-state index contributed by atoms with van der Waals surface area (Å²) < 4.78 is 32.8. The van der Waals surface area contributed by atoms with Crippen LogP contribution in [0.1, 0.15) is 13.8 Å². The van der Waals surface area contributed by atoms with Gasteiger partial charge in [0, 0.05) is 23.2 Å². The second kappa shape index (κ2) is 8.51.